The molecule has 0 aliphatic carbocycles. The van der Waals surface area contributed by atoms with E-state index >= 15 is 0 Å². The number of benzene rings is 1. The lowest BCUT2D eigenvalue weighted by Gasteiger charge is -2.28. The average molecular weight is 394 g/mol. The zero-order valence-corrected chi connectivity index (χ0v) is 16.4. The van der Waals surface area contributed by atoms with Gasteiger partial charge in [0.25, 0.3) is 0 Å². The van der Waals surface area contributed by atoms with E-state index in [1.165, 1.54) is 0 Å². The van der Waals surface area contributed by atoms with Crippen molar-refractivity contribution in [3.63, 3.8) is 0 Å². The van der Waals surface area contributed by atoms with Crippen LogP contribution in [0.3, 0.4) is 0 Å². The number of allylic oxidation sites excluding steroid dienone is 1. The molecule has 1 unspecified atom stereocenters. The van der Waals surface area contributed by atoms with E-state index in [4.69, 9.17) is 21.4 Å². The van der Waals surface area contributed by atoms with E-state index in [1.54, 1.807) is 19.1 Å². The molecule has 3 N–H and O–H groups in total. The molecule has 27 heavy (non-hydrogen) atoms. The molecule has 1 aliphatic heterocycles. The largest absolute Gasteiger partial charge is 0.487 e. The summed E-state index contributed by atoms with van der Waals surface area (Å²) in [6.07, 6.45) is 3.67. The Morgan fingerprint density at radius 2 is 2.04 bits per heavy atom. The number of nitrogens with one attached hydrogen (secondary N) is 1. The molecule has 1 aromatic rings. The van der Waals surface area contributed by atoms with Crippen LogP contribution < -0.4 is 10.1 Å². The summed E-state index contributed by atoms with van der Waals surface area (Å²) in [4.78, 5) is 22.7. The number of halogens is 1. The maximum absolute atomic E-state index is 11.6. The van der Waals surface area contributed by atoms with Gasteiger partial charge in [-0.25, -0.2) is 9.59 Å². The van der Waals surface area contributed by atoms with Crippen molar-refractivity contribution in [1.82, 2.24) is 0 Å². The molecule has 146 valence electrons. The van der Waals surface area contributed by atoms with Crippen LogP contribution in [0.1, 0.15) is 32.8 Å². The van der Waals surface area contributed by atoms with Crippen molar-refractivity contribution in [2.24, 2.45) is 5.41 Å². The molecule has 0 saturated heterocycles. The van der Waals surface area contributed by atoms with Crippen LogP contribution in [0.25, 0.3) is 0 Å². The van der Waals surface area contributed by atoms with Crippen molar-refractivity contribution < 1.29 is 24.5 Å². The molecule has 1 aromatic carbocycles. The second-order valence-electron chi connectivity index (χ2n) is 7.11. The predicted octanol–water partition coefficient (Wildman–Crippen LogP) is 4.15. The molecule has 1 aliphatic rings. The van der Waals surface area contributed by atoms with Gasteiger partial charge in [0.05, 0.1) is 11.3 Å². The predicted molar refractivity (Wildman–Crippen MR) is 105 cm³/mol. The summed E-state index contributed by atoms with van der Waals surface area (Å²) in [6, 6.07) is 3.54. The smallest absolute Gasteiger partial charge is 0.332 e. The molecule has 0 saturated carbocycles. The second kappa shape index (κ2) is 8.48. The van der Waals surface area contributed by atoms with Crippen LogP contribution in [0.2, 0.25) is 5.02 Å². The molecule has 0 aromatic heterocycles. The molecular formula is C20H24ClNO5. The topological polar surface area (TPSA) is 95.9 Å². The number of hydrogen-bond acceptors (Lipinski definition) is 4. The molecule has 1 atom stereocenters. The minimum absolute atomic E-state index is 0.140. The monoisotopic (exact) mass is 393 g/mol. The van der Waals surface area contributed by atoms with Gasteiger partial charge >= 0.3 is 11.9 Å². The Morgan fingerprint density at radius 3 is 2.63 bits per heavy atom. The Balaban J connectivity index is 2.36. The summed E-state index contributed by atoms with van der Waals surface area (Å²) < 4.78 is 5.84. The number of aliphatic carboxylic acids is 2. The van der Waals surface area contributed by atoms with Crippen LogP contribution in [-0.4, -0.2) is 35.3 Å². The molecule has 0 bridgehead atoms. The highest BCUT2D eigenvalue weighted by Crippen LogP contribution is 2.42. The first-order chi connectivity index (χ1) is 12.6. The van der Waals surface area contributed by atoms with Gasteiger partial charge in [-0.2, -0.15) is 0 Å². The molecule has 0 amide bonds. The van der Waals surface area contributed by atoms with Crippen LogP contribution in [0.15, 0.2) is 35.4 Å². The van der Waals surface area contributed by atoms with Gasteiger partial charge in [0.1, 0.15) is 12.4 Å². The van der Waals surface area contributed by atoms with E-state index < -0.39 is 17.4 Å². The zero-order chi connectivity index (χ0) is 20.2. The summed E-state index contributed by atoms with van der Waals surface area (Å²) in [6.45, 7) is 6.38. The third-order valence-corrected chi connectivity index (χ3v) is 5.03. The third kappa shape index (κ3) is 5.04. The number of ether oxygens (including phenoxy) is 1. The van der Waals surface area contributed by atoms with Crippen LogP contribution in [-0.2, 0) is 16.0 Å². The molecule has 0 radical (unpaired) electrons. The quantitative estimate of drug-likeness (QED) is 0.496. The van der Waals surface area contributed by atoms with E-state index in [1.807, 2.05) is 19.9 Å². The molecule has 0 spiro atoms. The maximum atomic E-state index is 11.6. The molecule has 6 nitrogen and oxygen atoms in total. The lowest BCUT2D eigenvalue weighted by atomic mass is 9.77. The highest BCUT2D eigenvalue weighted by atomic mass is 35.5. The zero-order valence-electron chi connectivity index (χ0n) is 15.6. The molecular weight excluding hydrogens is 370 g/mol. The Kier molecular flexibility index (Phi) is 6.54. The van der Waals surface area contributed by atoms with Crippen LogP contribution >= 0.6 is 11.6 Å². The number of hydrogen-bond donors (Lipinski definition) is 3. The van der Waals surface area contributed by atoms with Gasteiger partial charge in [-0.1, -0.05) is 24.1 Å². The van der Waals surface area contributed by atoms with E-state index in [-0.39, 0.29) is 12.1 Å². The summed E-state index contributed by atoms with van der Waals surface area (Å²) >= 11 is 6.36. The Morgan fingerprint density at radius 1 is 1.33 bits per heavy atom. The SMILES string of the molecule is CC(C)=CCOc1ccc(Cl)c2c1NCC(C)(C(=CC(=O)O)C(=O)O)CC2. The van der Waals surface area contributed by atoms with Gasteiger partial charge in [0.15, 0.2) is 0 Å². The molecule has 1 heterocycles. The number of fused-ring (bicyclic) bond motifs is 1. The van der Waals surface area contributed by atoms with Gasteiger partial charge in [0.2, 0.25) is 0 Å². The minimum atomic E-state index is -1.28. The fourth-order valence-electron chi connectivity index (χ4n) is 3.08. The lowest BCUT2D eigenvalue weighted by molar-refractivity contribution is -0.136. The number of rotatable bonds is 6. The van der Waals surface area contributed by atoms with Crippen LogP contribution in [0, 0.1) is 5.41 Å². The van der Waals surface area contributed by atoms with Gasteiger partial charge in [-0.05, 0) is 50.5 Å². The summed E-state index contributed by atoms with van der Waals surface area (Å²) in [5.74, 6) is -1.88. The van der Waals surface area contributed by atoms with E-state index in [2.05, 4.69) is 5.32 Å². The Bertz CT molecular complexity index is 811. The van der Waals surface area contributed by atoms with Crippen molar-refractivity contribution in [3.05, 3.63) is 46.0 Å². The van der Waals surface area contributed by atoms with E-state index in [0.717, 1.165) is 22.9 Å². The van der Waals surface area contributed by atoms with E-state index in [0.29, 0.717) is 30.2 Å². The third-order valence-electron chi connectivity index (χ3n) is 4.68. The normalized spacial score (nSPS) is 19.3. The highest BCUT2D eigenvalue weighted by Gasteiger charge is 2.36. The summed E-state index contributed by atoms with van der Waals surface area (Å²) in [5.41, 5.74) is 1.70. The van der Waals surface area contributed by atoms with Crippen molar-refractivity contribution in [1.29, 1.82) is 0 Å². The molecule has 7 heteroatoms. The fraction of sp³-hybridized carbons (Fsp3) is 0.400. The first-order valence-electron chi connectivity index (χ1n) is 8.64. The van der Waals surface area contributed by atoms with Gasteiger partial charge in [-0.3, -0.25) is 0 Å². The Hall–Kier alpha value is -2.47. The van der Waals surface area contributed by atoms with Crippen molar-refractivity contribution in [2.45, 2.75) is 33.6 Å². The molecule has 2 rings (SSSR count). The van der Waals surface area contributed by atoms with Crippen molar-refractivity contribution >= 4 is 29.2 Å². The maximum Gasteiger partial charge on any atom is 0.332 e. The van der Waals surface area contributed by atoms with Crippen LogP contribution in [0.4, 0.5) is 5.69 Å². The standard InChI is InChI=1S/C20H24ClNO5/c1-12(2)7-9-27-16-5-4-15(21)13-6-8-20(3,11-22-18(13)16)14(19(25)26)10-17(23)24/h4-5,7,10,22H,6,8-9,11H2,1-3H3,(H,23,24)(H,25,26). The van der Waals surface area contributed by atoms with Gasteiger partial charge in [0, 0.05) is 23.1 Å². The highest BCUT2D eigenvalue weighted by molar-refractivity contribution is 6.31. The van der Waals surface area contributed by atoms with E-state index in [9.17, 15) is 14.7 Å². The fourth-order valence-corrected chi connectivity index (χ4v) is 3.33. The first kappa shape index (κ1) is 20.8. The van der Waals surface area contributed by atoms with Crippen LogP contribution in [0.5, 0.6) is 5.75 Å². The van der Waals surface area contributed by atoms with Crippen molar-refractivity contribution in [3.8, 4) is 5.75 Å². The van der Waals surface area contributed by atoms with Gasteiger partial charge in [-0.15, -0.1) is 0 Å². The second-order valence-corrected chi connectivity index (χ2v) is 7.51. The van der Waals surface area contributed by atoms with Crippen molar-refractivity contribution in [2.75, 3.05) is 18.5 Å². The number of carboxylic acids is 2. The first-order valence-corrected chi connectivity index (χ1v) is 9.01. The summed E-state index contributed by atoms with van der Waals surface area (Å²) in [5, 5.41) is 22.4. The van der Waals surface area contributed by atoms with Gasteiger partial charge < -0.3 is 20.3 Å². The summed E-state index contributed by atoms with van der Waals surface area (Å²) in [7, 11) is 0. The average Bonchev–Trinajstić information content (AvgIpc) is 2.75. The Labute approximate surface area is 163 Å². The minimum Gasteiger partial charge on any atom is -0.487 e. The number of carboxylic acid groups (broad SMARTS) is 2. The lowest BCUT2D eigenvalue weighted by Crippen LogP contribution is -2.32. The number of carbonyl (C=O) groups is 2. The number of anilines is 1. The molecule has 0 fully saturated rings.